The number of amides is 1. The van der Waals surface area contributed by atoms with Crippen molar-refractivity contribution >= 4 is 33.4 Å². The first-order valence-electron chi connectivity index (χ1n) is 9.95. The van der Waals surface area contributed by atoms with Crippen molar-refractivity contribution in [3.63, 3.8) is 0 Å². The summed E-state index contributed by atoms with van der Waals surface area (Å²) < 4.78 is 0. The highest BCUT2D eigenvalue weighted by atomic mass is 16.3. The maximum Gasteiger partial charge on any atom is 0.255 e. The van der Waals surface area contributed by atoms with E-state index in [0.29, 0.717) is 42.6 Å². The van der Waals surface area contributed by atoms with E-state index in [1.165, 1.54) is 0 Å². The van der Waals surface area contributed by atoms with Gasteiger partial charge in [-0.15, -0.1) is 0 Å². The zero-order chi connectivity index (χ0) is 20.7. The smallest absolute Gasteiger partial charge is 0.255 e. The summed E-state index contributed by atoms with van der Waals surface area (Å²) in [5, 5.41) is 21.2. The summed E-state index contributed by atoms with van der Waals surface area (Å²) >= 11 is 0. The summed E-state index contributed by atoms with van der Waals surface area (Å²) in [6.07, 6.45) is 0. The number of benzene rings is 3. The van der Waals surface area contributed by atoms with E-state index in [4.69, 9.17) is 0 Å². The number of pyridine rings is 1. The lowest BCUT2D eigenvalue weighted by molar-refractivity contribution is 0.0750. The zero-order valence-electron chi connectivity index (χ0n) is 16.3. The molecule has 0 spiro atoms. The van der Waals surface area contributed by atoms with Crippen LogP contribution in [0.1, 0.15) is 10.4 Å². The topological polar surface area (TPSA) is 76.9 Å². The van der Waals surface area contributed by atoms with E-state index in [0.717, 1.165) is 16.6 Å². The molecule has 150 valence electrons. The third kappa shape index (κ3) is 3.16. The lowest BCUT2D eigenvalue weighted by Crippen LogP contribution is -2.48. The van der Waals surface area contributed by atoms with Crippen LogP contribution in [0, 0.1) is 0 Å². The van der Waals surface area contributed by atoms with Crippen LogP contribution in [0.4, 0.5) is 5.69 Å². The van der Waals surface area contributed by atoms with Crippen LogP contribution in [0.25, 0.3) is 21.8 Å². The fraction of sp³-hybridized carbons (Fsp3) is 0.167. The molecule has 1 aromatic heterocycles. The van der Waals surface area contributed by atoms with Crippen molar-refractivity contribution < 1.29 is 15.0 Å². The summed E-state index contributed by atoms with van der Waals surface area (Å²) in [5.74, 6) is 0.294. The maximum atomic E-state index is 13.6. The van der Waals surface area contributed by atoms with Gasteiger partial charge in [0.2, 0.25) is 0 Å². The predicted molar refractivity (Wildman–Crippen MR) is 117 cm³/mol. The molecular formula is C24H21N3O3. The van der Waals surface area contributed by atoms with Gasteiger partial charge in [-0.25, -0.2) is 4.98 Å². The molecule has 4 aromatic rings. The van der Waals surface area contributed by atoms with Gasteiger partial charge in [0, 0.05) is 48.7 Å². The molecular weight excluding hydrogens is 378 g/mol. The van der Waals surface area contributed by atoms with Gasteiger partial charge in [0.25, 0.3) is 5.91 Å². The van der Waals surface area contributed by atoms with E-state index in [2.05, 4.69) is 9.88 Å². The minimum absolute atomic E-state index is 0.0558. The summed E-state index contributed by atoms with van der Waals surface area (Å²) in [7, 11) is 0. The van der Waals surface area contributed by atoms with Gasteiger partial charge in [-0.3, -0.25) is 4.79 Å². The molecule has 1 fully saturated rings. The third-order valence-electron chi connectivity index (χ3n) is 5.64. The maximum absolute atomic E-state index is 13.6. The van der Waals surface area contributed by atoms with Crippen LogP contribution in [-0.2, 0) is 0 Å². The number of hydrogen-bond donors (Lipinski definition) is 2. The number of rotatable bonds is 2. The first-order valence-corrected chi connectivity index (χ1v) is 9.95. The lowest BCUT2D eigenvalue weighted by atomic mass is 10.0. The largest absolute Gasteiger partial charge is 0.508 e. The molecule has 1 aliphatic heterocycles. The van der Waals surface area contributed by atoms with Gasteiger partial charge in [-0.1, -0.05) is 24.3 Å². The van der Waals surface area contributed by atoms with Crippen molar-refractivity contribution in [3.8, 4) is 11.5 Å². The van der Waals surface area contributed by atoms with Crippen molar-refractivity contribution in [2.24, 2.45) is 0 Å². The summed E-state index contributed by atoms with van der Waals surface area (Å²) in [4.78, 5) is 22.3. The van der Waals surface area contributed by atoms with Crippen molar-refractivity contribution in [2.45, 2.75) is 0 Å². The second-order valence-electron chi connectivity index (χ2n) is 7.50. The highest BCUT2D eigenvalue weighted by molar-refractivity contribution is 6.16. The average molecular weight is 399 g/mol. The van der Waals surface area contributed by atoms with Gasteiger partial charge in [0.1, 0.15) is 11.5 Å². The van der Waals surface area contributed by atoms with Crippen molar-refractivity contribution in [3.05, 3.63) is 72.3 Å². The molecule has 2 heterocycles. The van der Waals surface area contributed by atoms with Gasteiger partial charge in [0.05, 0.1) is 16.6 Å². The second-order valence-corrected chi connectivity index (χ2v) is 7.50. The summed E-state index contributed by atoms with van der Waals surface area (Å²) in [6.45, 7) is 2.51. The van der Waals surface area contributed by atoms with Gasteiger partial charge in [0.15, 0.2) is 0 Å². The SMILES string of the molecule is O=C(c1c2ccccc2nc2ccc(O)cc12)N1CCN(c2cccc(O)c2)CC1. The molecule has 0 radical (unpaired) electrons. The van der Waals surface area contributed by atoms with Gasteiger partial charge < -0.3 is 20.0 Å². The van der Waals surface area contributed by atoms with Gasteiger partial charge >= 0.3 is 0 Å². The number of carbonyl (C=O) groups excluding carboxylic acids is 1. The van der Waals surface area contributed by atoms with Crippen molar-refractivity contribution in [2.75, 3.05) is 31.1 Å². The Morgan fingerprint density at radius 1 is 0.767 bits per heavy atom. The number of fused-ring (bicyclic) bond motifs is 2. The average Bonchev–Trinajstić information content (AvgIpc) is 2.77. The lowest BCUT2D eigenvalue weighted by Gasteiger charge is -2.36. The Morgan fingerprint density at radius 2 is 1.50 bits per heavy atom. The number of nitrogens with zero attached hydrogens (tertiary/aromatic N) is 3. The molecule has 0 bridgehead atoms. The Balaban J connectivity index is 1.49. The standard InChI is InChI=1S/C24H21N3O3/c28-17-5-3-4-16(14-17)26-10-12-27(13-11-26)24(30)23-19-6-1-2-7-21(19)25-22-9-8-18(29)15-20(22)23/h1-9,14-15,28-29H,10-13H2. The highest BCUT2D eigenvalue weighted by Crippen LogP contribution is 2.30. The van der Waals surface area contributed by atoms with E-state index < -0.39 is 0 Å². The van der Waals surface area contributed by atoms with Crippen molar-refractivity contribution in [1.29, 1.82) is 0 Å². The van der Waals surface area contributed by atoms with Crippen LogP contribution in [-0.4, -0.2) is 52.2 Å². The first-order chi connectivity index (χ1) is 14.6. The molecule has 1 amide bonds. The van der Waals surface area contributed by atoms with Crippen LogP contribution < -0.4 is 4.90 Å². The molecule has 6 nitrogen and oxygen atoms in total. The molecule has 6 heteroatoms. The zero-order valence-corrected chi connectivity index (χ0v) is 16.3. The fourth-order valence-corrected chi connectivity index (χ4v) is 4.13. The summed E-state index contributed by atoms with van der Waals surface area (Å²) in [5.41, 5.74) is 2.98. The molecule has 0 saturated carbocycles. The number of para-hydroxylation sites is 1. The van der Waals surface area contributed by atoms with Crippen LogP contribution in [0.5, 0.6) is 11.5 Å². The van der Waals surface area contributed by atoms with Crippen LogP contribution in [0.2, 0.25) is 0 Å². The molecule has 1 saturated heterocycles. The Hall–Kier alpha value is -3.80. The van der Waals surface area contributed by atoms with Crippen LogP contribution in [0.3, 0.4) is 0 Å². The van der Waals surface area contributed by atoms with Crippen LogP contribution >= 0.6 is 0 Å². The molecule has 1 aliphatic rings. The molecule has 5 rings (SSSR count). The third-order valence-corrected chi connectivity index (χ3v) is 5.64. The quantitative estimate of drug-likeness (QED) is 0.502. The highest BCUT2D eigenvalue weighted by Gasteiger charge is 2.26. The first kappa shape index (κ1) is 18.2. The Morgan fingerprint density at radius 3 is 2.30 bits per heavy atom. The van der Waals surface area contributed by atoms with E-state index in [-0.39, 0.29) is 17.4 Å². The molecule has 30 heavy (non-hydrogen) atoms. The Kier molecular flexibility index (Phi) is 4.39. The number of aromatic hydroxyl groups is 2. The van der Waals surface area contributed by atoms with E-state index >= 15 is 0 Å². The number of phenols is 2. The van der Waals surface area contributed by atoms with Crippen molar-refractivity contribution in [1.82, 2.24) is 9.88 Å². The van der Waals surface area contributed by atoms with E-state index in [1.54, 1.807) is 30.3 Å². The number of phenolic OH excluding ortho intramolecular Hbond substituents is 2. The van der Waals surface area contributed by atoms with Crippen LogP contribution in [0.15, 0.2) is 66.7 Å². The van der Waals surface area contributed by atoms with Gasteiger partial charge in [-0.05, 0) is 36.4 Å². The molecule has 2 N–H and O–H groups in total. The number of aromatic nitrogens is 1. The normalized spacial score (nSPS) is 14.4. The Labute approximate surface area is 173 Å². The fourth-order valence-electron chi connectivity index (χ4n) is 4.13. The molecule has 3 aromatic carbocycles. The van der Waals surface area contributed by atoms with E-state index in [1.807, 2.05) is 41.3 Å². The number of carbonyl (C=O) groups is 1. The number of anilines is 1. The summed E-state index contributed by atoms with van der Waals surface area (Å²) in [6, 6.07) is 19.7. The minimum atomic E-state index is -0.0558. The predicted octanol–water partition coefficient (Wildman–Crippen LogP) is 3.76. The molecule has 0 unspecified atom stereocenters. The number of piperazine rings is 1. The second kappa shape index (κ2) is 7.22. The van der Waals surface area contributed by atoms with Gasteiger partial charge in [-0.2, -0.15) is 0 Å². The molecule has 0 aliphatic carbocycles. The number of hydrogen-bond acceptors (Lipinski definition) is 5. The van der Waals surface area contributed by atoms with E-state index in [9.17, 15) is 15.0 Å². The Bertz CT molecular complexity index is 1260. The monoisotopic (exact) mass is 399 g/mol. The molecule has 0 atom stereocenters. The minimum Gasteiger partial charge on any atom is -0.508 e.